The normalized spacial score (nSPS) is 10.4. The number of hydrogen-bond donors (Lipinski definition) is 1. The molecular formula is C14H19NO3. The SMILES string of the molecule is Cc1ccccc1N(CC(=O)O)C(=O)CC(C)C. The Labute approximate surface area is 107 Å². The molecule has 0 atom stereocenters. The van der Waals surface area contributed by atoms with Crippen molar-refractivity contribution >= 4 is 17.6 Å². The van der Waals surface area contributed by atoms with Crippen molar-refractivity contribution in [3.63, 3.8) is 0 Å². The molecule has 0 aromatic heterocycles. The summed E-state index contributed by atoms with van der Waals surface area (Å²) in [5.74, 6) is -0.949. The maximum Gasteiger partial charge on any atom is 0.323 e. The highest BCUT2D eigenvalue weighted by molar-refractivity contribution is 5.98. The number of amides is 1. The number of carbonyl (C=O) groups excluding carboxylic acids is 1. The van der Waals surface area contributed by atoms with E-state index in [9.17, 15) is 9.59 Å². The first-order valence-corrected chi connectivity index (χ1v) is 5.99. The largest absolute Gasteiger partial charge is 0.480 e. The molecule has 1 amide bonds. The summed E-state index contributed by atoms with van der Waals surface area (Å²) in [6.07, 6.45) is 0.349. The average Bonchev–Trinajstić information content (AvgIpc) is 2.25. The van der Waals surface area contributed by atoms with Gasteiger partial charge >= 0.3 is 5.97 Å². The second kappa shape index (κ2) is 6.19. The highest BCUT2D eigenvalue weighted by Gasteiger charge is 2.20. The van der Waals surface area contributed by atoms with Gasteiger partial charge in [0.05, 0.1) is 0 Å². The minimum atomic E-state index is -1.00. The van der Waals surface area contributed by atoms with E-state index in [0.29, 0.717) is 12.1 Å². The van der Waals surface area contributed by atoms with E-state index < -0.39 is 5.97 Å². The molecule has 1 aromatic carbocycles. The van der Waals surface area contributed by atoms with E-state index in [1.54, 1.807) is 12.1 Å². The molecule has 1 N–H and O–H groups in total. The summed E-state index contributed by atoms with van der Waals surface area (Å²) in [4.78, 5) is 24.3. The highest BCUT2D eigenvalue weighted by Crippen LogP contribution is 2.21. The molecule has 98 valence electrons. The number of anilines is 1. The number of carboxylic acids is 1. The summed E-state index contributed by atoms with van der Waals surface area (Å²) >= 11 is 0. The number of carbonyl (C=O) groups is 2. The van der Waals surface area contributed by atoms with Gasteiger partial charge in [0.1, 0.15) is 6.54 Å². The van der Waals surface area contributed by atoms with E-state index in [4.69, 9.17) is 5.11 Å². The Morgan fingerprint density at radius 2 is 1.89 bits per heavy atom. The van der Waals surface area contributed by atoms with Gasteiger partial charge in [-0.1, -0.05) is 32.0 Å². The van der Waals surface area contributed by atoms with Crippen LogP contribution in [0.4, 0.5) is 5.69 Å². The van der Waals surface area contributed by atoms with Crippen molar-refractivity contribution in [2.45, 2.75) is 27.2 Å². The minimum Gasteiger partial charge on any atom is -0.480 e. The first-order chi connectivity index (χ1) is 8.41. The summed E-state index contributed by atoms with van der Waals surface area (Å²) in [5.41, 5.74) is 1.57. The van der Waals surface area contributed by atoms with Gasteiger partial charge in [0.25, 0.3) is 0 Å². The summed E-state index contributed by atoms with van der Waals surface area (Å²) in [5, 5.41) is 8.93. The molecule has 1 aromatic rings. The van der Waals surface area contributed by atoms with Crippen molar-refractivity contribution in [2.75, 3.05) is 11.4 Å². The fourth-order valence-electron chi connectivity index (χ4n) is 1.77. The second-order valence-electron chi connectivity index (χ2n) is 4.76. The third-order valence-corrected chi connectivity index (χ3v) is 2.58. The highest BCUT2D eigenvalue weighted by atomic mass is 16.4. The fourth-order valence-corrected chi connectivity index (χ4v) is 1.77. The Bertz CT molecular complexity index is 440. The first-order valence-electron chi connectivity index (χ1n) is 5.99. The van der Waals surface area contributed by atoms with Gasteiger partial charge in [-0.25, -0.2) is 0 Å². The third kappa shape index (κ3) is 3.87. The number of para-hydroxylation sites is 1. The van der Waals surface area contributed by atoms with E-state index in [2.05, 4.69) is 0 Å². The summed E-state index contributed by atoms with van der Waals surface area (Å²) in [7, 11) is 0. The van der Waals surface area contributed by atoms with E-state index in [1.807, 2.05) is 32.9 Å². The van der Waals surface area contributed by atoms with Crippen LogP contribution in [-0.2, 0) is 9.59 Å². The lowest BCUT2D eigenvalue weighted by molar-refractivity contribution is -0.136. The van der Waals surface area contributed by atoms with Crippen molar-refractivity contribution in [2.24, 2.45) is 5.92 Å². The van der Waals surface area contributed by atoms with Crippen LogP contribution in [0, 0.1) is 12.8 Å². The van der Waals surface area contributed by atoms with Crippen LogP contribution in [-0.4, -0.2) is 23.5 Å². The van der Waals surface area contributed by atoms with Gasteiger partial charge < -0.3 is 10.0 Å². The van der Waals surface area contributed by atoms with Crippen molar-refractivity contribution in [1.29, 1.82) is 0 Å². The molecule has 4 heteroatoms. The lowest BCUT2D eigenvalue weighted by atomic mass is 10.1. The fraction of sp³-hybridized carbons (Fsp3) is 0.429. The second-order valence-corrected chi connectivity index (χ2v) is 4.76. The van der Waals surface area contributed by atoms with E-state index in [0.717, 1.165) is 5.56 Å². The van der Waals surface area contributed by atoms with Gasteiger partial charge in [-0.2, -0.15) is 0 Å². The minimum absolute atomic E-state index is 0.151. The van der Waals surface area contributed by atoms with Crippen molar-refractivity contribution < 1.29 is 14.7 Å². The Morgan fingerprint density at radius 1 is 1.28 bits per heavy atom. The maximum atomic E-state index is 12.1. The Kier molecular flexibility index (Phi) is 4.89. The molecule has 0 radical (unpaired) electrons. The van der Waals surface area contributed by atoms with Crippen LogP contribution in [0.2, 0.25) is 0 Å². The molecule has 0 bridgehead atoms. The molecule has 1 rings (SSSR count). The number of benzene rings is 1. The molecule has 0 aliphatic carbocycles. The van der Waals surface area contributed by atoms with Crippen molar-refractivity contribution in [1.82, 2.24) is 0 Å². The molecule has 0 saturated carbocycles. The molecule has 4 nitrogen and oxygen atoms in total. The predicted octanol–water partition coefficient (Wildman–Crippen LogP) is 2.46. The molecule has 0 aliphatic heterocycles. The Balaban J connectivity index is 3.02. The van der Waals surface area contributed by atoms with Crippen LogP contribution in [0.5, 0.6) is 0 Å². The van der Waals surface area contributed by atoms with Crippen LogP contribution in [0.3, 0.4) is 0 Å². The van der Waals surface area contributed by atoms with E-state index >= 15 is 0 Å². The topological polar surface area (TPSA) is 57.6 Å². The number of aryl methyl sites for hydroxylation is 1. The number of rotatable bonds is 5. The lowest BCUT2D eigenvalue weighted by Gasteiger charge is -2.23. The van der Waals surface area contributed by atoms with Crippen LogP contribution in [0.15, 0.2) is 24.3 Å². The maximum absolute atomic E-state index is 12.1. The van der Waals surface area contributed by atoms with E-state index in [-0.39, 0.29) is 18.4 Å². The van der Waals surface area contributed by atoms with Gasteiger partial charge in [-0.3, -0.25) is 9.59 Å². The number of nitrogens with zero attached hydrogens (tertiary/aromatic N) is 1. The van der Waals surface area contributed by atoms with Crippen molar-refractivity contribution in [3.8, 4) is 0 Å². The zero-order chi connectivity index (χ0) is 13.7. The first kappa shape index (κ1) is 14.2. The summed E-state index contributed by atoms with van der Waals surface area (Å²) in [6.45, 7) is 5.45. The Hall–Kier alpha value is -1.84. The van der Waals surface area contributed by atoms with Gasteiger partial charge in [-0.15, -0.1) is 0 Å². The zero-order valence-corrected chi connectivity index (χ0v) is 11.0. The van der Waals surface area contributed by atoms with Crippen LogP contribution < -0.4 is 4.90 Å². The molecule has 0 spiro atoms. The van der Waals surface area contributed by atoms with Gasteiger partial charge in [0, 0.05) is 12.1 Å². The van der Waals surface area contributed by atoms with Crippen LogP contribution >= 0.6 is 0 Å². The predicted molar refractivity (Wildman–Crippen MR) is 70.6 cm³/mol. The summed E-state index contributed by atoms with van der Waals surface area (Å²) < 4.78 is 0. The van der Waals surface area contributed by atoms with Crippen LogP contribution in [0.1, 0.15) is 25.8 Å². The molecule has 0 saturated heterocycles. The Morgan fingerprint density at radius 3 is 2.39 bits per heavy atom. The molecule has 18 heavy (non-hydrogen) atoms. The smallest absolute Gasteiger partial charge is 0.323 e. The number of hydrogen-bond acceptors (Lipinski definition) is 2. The van der Waals surface area contributed by atoms with Gasteiger partial charge in [0.15, 0.2) is 0 Å². The monoisotopic (exact) mass is 249 g/mol. The number of aliphatic carboxylic acids is 1. The van der Waals surface area contributed by atoms with Gasteiger partial charge in [-0.05, 0) is 24.5 Å². The summed E-state index contributed by atoms with van der Waals surface area (Å²) in [6, 6.07) is 7.31. The molecule has 0 heterocycles. The van der Waals surface area contributed by atoms with Crippen molar-refractivity contribution in [3.05, 3.63) is 29.8 Å². The number of carboxylic acid groups (broad SMARTS) is 1. The average molecular weight is 249 g/mol. The lowest BCUT2D eigenvalue weighted by Crippen LogP contribution is -2.36. The quantitative estimate of drug-likeness (QED) is 0.872. The molecule has 0 fully saturated rings. The van der Waals surface area contributed by atoms with Gasteiger partial charge in [0.2, 0.25) is 5.91 Å². The standard InChI is InChI=1S/C14H19NO3/c1-10(2)8-13(16)15(9-14(17)18)12-7-5-4-6-11(12)3/h4-7,10H,8-9H2,1-3H3,(H,17,18). The van der Waals surface area contributed by atoms with E-state index in [1.165, 1.54) is 4.90 Å². The molecule has 0 unspecified atom stereocenters. The third-order valence-electron chi connectivity index (χ3n) is 2.58. The molecular weight excluding hydrogens is 230 g/mol. The van der Waals surface area contributed by atoms with Crippen LogP contribution in [0.25, 0.3) is 0 Å². The molecule has 0 aliphatic rings. The zero-order valence-electron chi connectivity index (χ0n) is 11.0.